The minimum Gasteiger partial charge on any atom is -0.278 e. The molecule has 0 N–H and O–H groups in total. The summed E-state index contributed by atoms with van der Waals surface area (Å²) in [5.74, 6) is 0.624. The molecule has 16 rings (SSSR count). The molecule has 3 heterocycles. The van der Waals surface area contributed by atoms with Gasteiger partial charge in [-0.25, -0.2) is 9.97 Å². The quantitative estimate of drug-likeness (QED) is 0.162. The molecule has 1 spiro atoms. The molecule has 2 aliphatic carbocycles. The van der Waals surface area contributed by atoms with Gasteiger partial charge in [0.15, 0.2) is 0 Å². The van der Waals surface area contributed by atoms with E-state index in [-0.39, 0.29) is 0 Å². The zero-order valence-corrected chi connectivity index (χ0v) is 40.0. The average Bonchev–Trinajstić information content (AvgIpc) is 4.15. The molecule has 4 heteroatoms. The first kappa shape index (κ1) is 40.9. The van der Waals surface area contributed by atoms with Crippen LogP contribution in [0.1, 0.15) is 22.3 Å². The van der Waals surface area contributed by atoms with Crippen LogP contribution in [0, 0.1) is 0 Å². The minimum absolute atomic E-state index is 0.624. The average molecular weight is 939 g/mol. The normalized spacial score (nSPS) is 14.3. The maximum absolute atomic E-state index is 5.51. The van der Waals surface area contributed by atoms with E-state index in [0.717, 1.165) is 50.2 Å². The van der Waals surface area contributed by atoms with Gasteiger partial charge in [-0.3, -0.25) is 9.55 Å². The number of hydrogen-bond acceptors (Lipinski definition) is 3. The van der Waals surface area contributed by atoms with Crippen LogP contribution in [0.3, 0.4) is 0 Å². The summed E-state index contributed by atoms with van der Waals surface area (Å²) >= 11 is 0. The van der Waals surface area contributed by atoms with Crippen LogP contribution in [0.25, 0.3) is 127 Å². The largest absolute Gasteiger partial charge is 0.278 e. The van der Waals surface area contributed by atoms with Gasteiger partial charge in [0.1, 0.15) is 0 Å². The Hall–Kier alpha value is -9.77. The highest BCUT2D eigenvalue weighted by molar-refractivity contribution is 6.23. The molecule has 1 atom stereocenters. The lowest BCUT2D eigenvalue weighted by Gasteiger charge is -2.30. The summed E-state index contributed by atoms with van der Waals surface area (Å²) in [5, 5.41) is 9.66. The van der Waals surface area contributed by atoms with Gasteiger partial charge in [-0.15, -0.1) is 0 Å². The highest BCUT2D eigenvalue weighted by Gasteiger charge is 2.53. The first-order valence-electron chi connectivity index (χ1n) is 25.4. The van der Waals surface area contributed by atoms with Crippen molar-refractivity contribution in [2.75, 3.05) is 0 Å². The fourth-order valence-corrected chi connectivity index (χ4v) is 13.0. The maximum Gasteiger partial charge on any atom is 0.235 e. The topological polar surface area (TPSA) is 43.6 Å². The summed E-state index contributed by atoms with van der Waals surface area (Å²) in [6.07, 6.45) is 1.95. The van der Waals surface area contributed by atoms with E-state index in [1.54, 1.807) is 0 Å². The Bertz CT molecular complexity index is 4540. The molecule has 1 unspecified atom stereocenters. The van der Waals surface area contributed by atoms with Gasteiger partial charge in [0.2, 0.25) is 5.95 Å². The highest BCUT2D eigenvalue weighted by Crippen LogP contribution is 2.64. The Kier molecular flexibility index (Phi) is 8.63. The summed E-state index contributed by atoms with van der Waals surface area (Å²) in [6, 6.07) is 90.8. The third kappa shape index (κ3) is 5.65. The van der Waals surface area contributed by atoms with Gasteiger partial charge in [0.05, 0.1) is 33.5 Å². The molecule has 342 valence electrons. The Morgan fingerprint density at radius 1 is 0.324 bits per heavy atom. The Balaban J connectivity index is 1.02. The van der Waals surface area contributed by atoms with Crippen molar-refractivity contribution in [2.24, 2.45) is 0 Å². The number of rotatable bonds is 5. The summed E-state index contributed by atoms with van der Waals surface area (Å²) in [6.45, 7) is 0. The number of hydrogen-bond donors (Lipinski definition) is 0. The minimum atomic E-state index is -0.698. The molecule has 14 aromatic rings. The predicted molar refractivity (Wildman–Crippen MR) is 305 cm³/mol. The summed E-state index contributed by atoms with van der Waals surface area (Å²) < 4.78 is 2.33. The van der Waals surface area contributed by atoms with Crippen LogP contribution in [0.5, 0.6) is 0 Å². The van der Waals surface area contributed by atoms with E-state index in [1.165, 1.54) is 93.3 Å². The van der Waals surface area contributed by atoms with Crippen LogP contribution < -0.4 is 0 Å². The molecule has 2 aliphatic rings. The molecule has 0 amide bonds. The van der Waals surface area contributed by atoms with Crippen LogP contribution in [0.4, 0.5) is 0 Å². The zero-order chi connectivity index (χ0) is 48.5. The van der Waals surface area contributed by atoms with E-state index in [0.29, 0.717) is 5.95 Å². The van der Waals surface area contributed by atoms with Gasteiger partial charge >= 0.3 is 0 Å². The molecule has 74 heavy (non-hydrogen) atoms. The number of benzene rings is 11. The van der Waals surface area contributed by atoms with E-state index in [1.807, 2.05) is 6.20 Å². The molecular formula is C70H42N4. The summed E-state index contributed by atoms with van der Waals surface area (Å²) in [7, 11) is 0. The van der Waals surface area contributed by atoms with Crippen LogP contribution in [-0.2, 0) is 5.41 Å². The second-order valence-electron chi connectivity index (χ2n) is 19.8. The Morgan fingerprint density at radius 2 is 0.878 bits per heavy atom. The van der Waals surface area contributed by atoms with Crippen LogP contribution in [-0.4, -0.2) is 19.5 Å². The molecule has 0 saturated heterocycles. The first-order chi connectivity index (χ1) is 36.7. The smallest absolute Gasteiger partial charge is 0.235 e. The second-order valence-corrected chi connectivity index (χ2v) is 19.8. The van der Waals surface area contributed by atoms with Crippen molar-refractivity contribution in [3.63, 3.8) is 0 Å². The predicted octanol–water partition coefficient (Wildman–Crippen LogP) is 17.4. The SMILES string of the molecule is c1ccc(-c2cc(-c3ccccc3)nc(-n3c4cc5c(cc4c4c6ccccc6ccc43)-c3ccccc3C53c4cc(-c5c6ccccc6c(-c6ccccc6)c6ccccc56)ccc4-c4ncccc43)n2)cc1. The van der Waals surface area contributed by atoms with E-state index in [9.17, 15) is 0 Å². The van der Waals surface area contributed by atoms with Gasteiger partial charge in [0.25, 0.3) is 0 Å². The molecule has 3 aromatic heterocycles. The van der Waals surface area contributed by atoms with E-state index in [2.05, 4.69) is 253 Å². The molecule has 0 bridgehead atoms. The molecule has 4 nitrogen and oxygen atoms in total. The first-order valence-corrected chi connectivity index (χ1v) is 25.4. The van der Waals surface area contributed by atoms with Crippen molar-refractivity contribution in [1.29, 1.82) is 0 Å². The van der Waals surface area contributed by atoms with E-state index in [4.69, 9.17) is 15.0 Å². The van der Waals surface area contributed by atoms with E-state index >= 15 is 0 Å². The van der Waals surface area contributed by atoms with Crippen LogP contribution >= 0.6 is 0 Å². The monoisotopic (exact) mass is 938 g/mol. The van der Waals surface area contributed by atoms with Crippen molar-refractivity contribution >= 4 is 54.1 Å². The molecule has 0 radical (unpaired) electrons. The number of fused-ring (bicyclic) bond motifs is 17. The summed E-state index contributed by atoms with van der Waals surface area (Å²) in [4.78, 5) is 16.3. The van der Waals surface area contributed by atoms with Gasteiger partial charge in [-0.1, -0.05) is 212 Å². The maximum atomic E-state index is 5.51. The third-order valence-electron chi connectivity index (χ3n) is 16.0. The van der Waals surface area contributed by atoms with Crippen molar-refractivity contribution < 1.29 is 0 Å². The van der Waals surface area contributed by atoms with Crippen molar-refractivity contribution in [3.8, 4) is 73.1 Å². The standard InChI is InChI=1S/C70H42N4/c1-4-20-44(21-5-1)61-42-62(45-22-6-2-7-23-45)73-69(72-61)74-63-37-35-43-19-10-11-26-48(43)67(63)56-40-55-49-27-16-17-32-57(49)70(60(55)41-64(56)74)58-33-18-38-71-68(58)54-36-34-47(39-59(54)70)66-52-30-14-12-28-50(52)65(46-24-8-3-9-25-46)51-29-13-15-31-53(51)66/h1-42H. The molecule has 0 aliphatic heterocycles. The number of nitrogens with zero attached hydrogens (tertiary/aromatic N) is 4. The van der Waals surface area contributed by atoms with Crippen molar-refractivity contribution in [1.82, 2.24) is 19.5 Å². The highest BCUT2D eigenvalue weighted by atomic mass is 15.2. The van der Waals surface area contributed by atoms with Gasteiger partial charge in [0, 0.05) is 33.7 Å². The van der Waals surface area contributed by atoms with Gasteiger partial charge < -0.3 is 0 Å². The molecule has 0 fully saturated rings. The fraction of sp³-hybridized carbons (Fsp3) is 0.0143. The van der Waals surface area contributed by atoms with Crippen molar-refractivity contribution in [2.45, 2.75) is 5.41 Å². The summed E-state index contributed by atoms with van der Waals surface area (Å²) in [5.41, 5.74) is 19.6. The van der Waals surface area contributed by atoms with Crippen molar-refractivity contribution in [3.05, 3.63) is 277 Å². The number of aromatic nitrogens is 4. The second kappa shape index (κ2) is 15.6. The molecule has 0 saturated carbocycles. The fourth-order valence-electron chi connectivity index (χ4n) is 13.0. The van der Waals surface area contributed by atoms with E-state index < -0.39 is 5.41 Å². The lowest BCUT2D eigenvalue weighted by molar-refractivity contribution is 0.792. The Labute approximate surface area is 427 Å². The third-order valence-corrected chi connectivity index (χ3v) is 16.0. The Morgan fingerprint density at radius 3 is 1.55 bits per heavy atom. The number of pyridine rings is 1. The van der Waals surface area contributed by atoms with Crippen LogP contribution in [0.15, 0.2) is 255 Å². The lowest BCUT2D eigenvalue weighted by Crippen LogP contribution is -2.26. The molecular weight excluding hydrogens is 897 g/mol. The van der Waals surface area contributed by atoms with Gasteiger partial charge in [-0.05, 0) is 124 Å². The molecule has 11 aromatic carbocycles. The van der Waals surface area contributed by atoms with Gasteiger partial charge in [-0.2, -0.15) is 0 Å². The van der Waals surface area contributed by atoms with Crippen LogP contribution in [0.2, 0.25) is 0 Å². The lowest BCUT2D eigenvalue weighted by atomic mass is 9.70. The zero-order valence-electron chi connectivity index (χ0n) is 40.0.